The molecule has 0 atom stereocenters. The number of benzene rings is 2. The zero-order valence-electron chi connectivity index (χ0n) is 44.3. The molecule has 0 saturated heterocycles. The largest absolute Gasteiger partial charge is 0.506 e. The van der Waals surface area contributed by atoms with E-state index in [1.165, 1.54) is 27.9 Å². The first-order valence-corrected chi connectivity index (χ1v) is 25.6. The van der Waals surface area contributed by atoms with Crippen LogP contribution in [0.5, 0.6) is 11.5 Å². The zero-order valence-corrected chi connectivity index (χ0v) is 51.7. The molecular weight excluding hydrogens is 1420 g/mol. The maximum Gasteiger partial charge on any atom is 0.267 e. The van der Waals surface area contributed by atoms with Crippen LogP contribution < -0.4 is 15.9 Å². The number of aliphatic hydroxyl groups excluding tert-OH is 2. The van der Waals surface area contributed by atoms with Crippen LogP contribution in [0.1, 0.15) is 88.7 Å². The van der Waals surface area contributed by atoms with Crippen molar-refractivity contribution in [3.05, 3.63) is 158 Å². The van der Waals surface area contributed by atoms with E-state index in [0.29, 0.717) is 90.8 Å². The van der Waals surface area contributed by atoms with E-state index in [2.05, 4.69) is 61.2 Å². The fraction of sp³-hybridized carbons (Fsp3) is 0.296. The van der Waals surface area contributed by atoms with Crippen LogP contribution in [0.3, 0.4) is 0 Å². The van der Waals surface area contributed by atoms with E-state index in [9.17, 15) is 19.8 Å². The number of pyridine rings is 2. The van der Waals surface area contributed by atoms with Crippen molar-refractivity contribution in [3.8, 4) is 57.5 Å². The van der Waals surface area contributed by atoms with Crippen LogP contribution in [0.15, 0.2) is 121 Å². The number of fused-ring (bicyclic) bond motifs is 2. The molecule has 79 heavy (non-hydrogen) atoms. The number of phenols is 1. The predicted octanol–water partition coefficient (Wildman–Crippen LogP) is 7.71. The van der Waals surface area contributed by atoms with Crippen LogP contribution in [-0.2, 0) is 42.1 Å². The molecule has 0 unspecified atom stereocenters. The standard InChI is InChI=1S/C26H26N8O3.C24H22N8O2.C2H5BrO.2CH3.2W/c1-16(2)33-15-29-31-25(33)19-4-3-5-24(30-19)34-14-28-20-11-23(37-9-8-35)22(10-18(20)26(34)36)32-12-21(27-13-32)17-6-7-17;1-14(2)31-13-27-29-23(31)17-4-3-5-22(28-17)32-12-26-18-9-21(33)20(8-16(18)24(32)34)30-10-19(25-11-30)15-6-7-15;3-1-2-4;;;;/h3-5,10-17,35H,6-9H2,1-2H3;3-5,8-15,33H,6-7H2,1-2H3;4H,1-2H2;2*1H3;;/q;;;2*-1;;. The van der Waals surface area contributed by atoms with Crippen molar-refractivity contribution in [1.82, 2.24) is 77.7 Å². The number of hydrogen-bond acceptors (Lipinski definition) is 16. The molecule has 8 aromatic heterocycles. The van der Waals surface area contributed by atoms with Crippen LogP contribution in [0, 0.1) is 14.9 Å². The smallest absolute Gasteiger partial charge is 0.267 e. The molecule has 0 bridgehead atoms. The fourth-order valence-electron chi connectivity index (χ4n) is 8.38. The van der Waals surface area contributed by atoms with Crippen molar-refractivity contribution >= 4 is 37.7 Å². The molecule has 0 radical (unpaired) electrons. The van der Waals surface area contributed by atoms with E-state index < -0.39 is 0 Å². The number of imidazole rings is 2. The number of aliphatic hydroxyl groups is 2. The first kappa shape index (κ1) is 61.3. The van der Waals surface area contributed by atoms with Crippen LogP contribution in [0.2, 0.25) is 0 Å². The number of alkyl halides is 1. The number of ether oxygens (including phenoxy) is 1. The second kappa shape index (κ2) is 26.8. The topological polar surface area (TPSA) is 263 Å². The third-order valence-electron chi connectivity index (χ3n) is 12.6. The quantitative estimate of drug-likeness (QED) is 0.0695. The van der Waals surface area contributed by atoms with Gasteiger partial charge in [-0.05, 0) is 89.8 Å². The van der Waals surface area contributed by atoms with Gasteiger partial charge in [-0.1, -0.05) is 28.1 Å². The molecule has 10 aromatic rings. The van der Waals surface area contributed by atoms with Crippen LogP contribution >= 0.6 is 15.9 Å². The van der Waals surface area contributed by atoms with E-state index in [1.54, 1.807) is 60.2 Å². The van der Waals surface area contributed by atoms with E-state index in [4.69, 9.17) is 14.8 Å². The van der Waals surface area contributed by atoms with E-state index in [-0.39, 0.29) is 106 Å². The minimum Gasteiger partial charge on any atom is -0.506 e. The van der Waals surface area contributed by atoms with Gasteiger partial charge in [-0.3, -0.25) is 18.7 Å². The van der Waals surface area contributed by atoms with Gasteiger partial charge < -0.3 is 53.2 Å². The Morgan fingerprint density at radius 1 is 0.620 bits per heavy atom. The number of rotatable bonds is 14. The molecule has 22 nitrogen and oxygen atoms in total. The molecule has 2 aliphatic rings. The normalized spacial score (nSPS) is 12.6. The minimum atomic E-state index is -0.288. The molecule has 3 N–H and O–H groups in total. The van der Waals surface area contributed by atoms with E-state index >= 15 is 0 Å². The Balaban J connectivity index is 0.000000229. The Morgan fingerprint density at radius 2 is 1.08 bits per heavy atom. The van der Waals surface area contributed by atoms with Crippen molar-refractivity contribution in [2.75, 3.05) is 25.2 Å². The first-order chi connectivity index (χ1) is 36.4. The average molecular weight is 1480 g/mol. The molecular formula is C54H59BrN16O6W2-2. The summed E-state index contributed by atoms with van der Waals surface area (Å²) in [6.45, 7) is 8.38. The Kier molecular flexibility index (Phi) is 20.8. The molecule has 0 spiro atoms. The molecule has 2 saturated carbocycles. The molecule has 8 heterocycles. The van der Waals surface area contributed by atoms with Crippen LogP contribution in [-0.4, -0.2) is 118 Å². The zero-order chi connectivity index (χ0) is 52.3. The van der Waals surface area contributed by atoms with Gasteiger partial charge in [0.05, 0.1) is 70.4 Å². The van der Waals surface area contributed by atoms with Crippen LogP contribution in [0.25, 0.3) is 67.9 Å². The van der Waals surface area contributed by atoms with E-state index in [0.717, 1.165) is 37.1 Å². The molecule has 0 aliphatic heterocycles. The monoisotopic (exact) mass is 1470 g/mol. The van der Waals surface area contributed by atoms with Crippen molar-refractivity contribution in [2.24, 2.45) is 0 Å². The summed E-state index contributed by atoms with van der Waals surface area (Å²) in [5.41, 5.74) is 4.70. The van der Waals surface area contributed by atoms with Gasteiger partial charge in [-0.25, -0.2) is 29.9 Å². The summed E-state index contributed by atoms with van der Waals surface area (Å²) in [7, 11) is 0. The number of phenolic OH excluding ortho intramolecular Hbond substituents is 1. The third-order valence-corrected chi connectivity index (χ3v) is 12.9. The summed E-state index contributed by atoms with van der Waals surface area (Å²) in [4.78, 5) is 54.4. The Hall–Kier alpha value is -6.90. The van der Waals surface area contributed by atoms with Crippen molar-refractivity contribution < 1.29 is 62.2 Å². The number of aromatic nitrogens is 16. The Bertz CT molecular complexity index is 3790. The van der Waals surface area contributed by atoms with Gasteiger partial charge in [0, 0.05) is 95.9 Å². The minimum absolute atomic E-state index is 0. The number of nitrogens with zero attached hydrogens (tertiary/aromatic N) is 16. The van der Waals surface area contributed by atoms with Gasteiger partial charge >= 0.3 is 0 Å². The molecule has 412 valence electrons. The first-order valence-electron chi connectivity index (χ1n) is 24.5. The maximum absolute atomic E-state index is 13.7. The third kappa shape index (κ3) is 13.2. The Morgan fingerprint density at radius 3 is 1.52 bits per heavy atom. The van der Waals surface area contributed by atoms with Crippen molar-refractivity contribution in [2.45, 2.75) is 77.3 Å². The number of halogens is 1. The molecule has 2 fully saturated rings. The SMILES string of the molecule is CC(C)n1cnnc1-c1cccc(-n2cnc3cc(O)c(-n4cnc(C5CC5)c4)cc3c2=O)n1.CC(C)n1cnnc1-c1cccc(-n2cnc3cc(OCCO)c(-n4cnc(C5CC5)c4)cc3c2=O)n1.OCCBr.[CH3-].[CH3-].[W].[W]. The Labute approximate surface area is 492 Å². The van der Waals surface area contributed by atoms with E-state index in [1.807, 2.05) is 78.1 Å². The van der Waals surface area contributed by atoms with Gasteiger partial charge in [-0.15, -0.1) is 20.4 Å². The van der Waals surface area contributed by atoms with Crippen LogP contribution in [0.4, 0.5) is 0 Å². The maximum atomic E-state index is 13.7. The van der Waals surface area contributed by atoms with Gasteiger partial charge in [0.15, 0.2) is 11.6 Å². The second-order valence-electron chi connectivity index (χ2n) is 18.6. The van der Waals surface area contributed by atoms with Gasteiger partial charge in [-0.2, -0.15) is 0 Å². The van der Waals surface area contributed by atoms with Crippen molar-refractivity contribution in [3.63, 3.8) is 0 Å². The van der Waals surface area contributed by atoms with Gasteiger partial charge in [0.2, 0.25) is 0 Å². The molecule has 12 rings (SSSR count). The number of hydrogen-bond donors (Lipinski definition) is 3. The fourth-order valence-corrected chi connectivity index (χ4v) is 8.38. The predicted molar refractivity (Wildman–Crippen MR) is 295 cm³/mol. The average Bonchev–Trinajstić information content (AvgIpc) is 4.27. The molecule has 2 aromatic carbocycles. The molecule has 25 heteroatoms. The van der Waals surface area contributed by atoms with Gasteiger partial charge in [0.25, 0.3) is 11.1 Å². The summed E-state index contributed by atoms with van der Waals surface area (Å²) >= 11 is 3.00. The molecule has 2 aliphatic carbocycles. The van der Waals surface area contributed by atoms with Crippen molar-refractivity contribution in [1.29, 1.82) is 0 Å². The summed E-state index contributed by atoms with van der Waals surface area (Å²) in [5, 5.41) is 45.6. The molecule has 0 amide bonds. The summed E-state index contributed by atoms with van der Waals surface area (Å²) in [6, 6.07) is 17.8. The summed E-state index contributed by atoms with van der Waals surface area (Å²) < 4.78 is 16.1. The second-order valence-corrected chi connectivity index (χ2v) is 19.3. The summed E-state index contributed by atoms with van der Waals surface area (Å²) in [5.74, 6) is 3.61. The summed E-state index contributed by atoms with van der Waals surface area (Å²) in [6.07, 6.45) is 18.0. The number of aromatic hydroxyl groups is 1. The van der Waals surface area contributed by atoms with Gasteiger partial charge in [0.1, 0.15) is 66.4 Å².